The Morgan fingerprint density at radius 3 is 2.50 bits per heavy atom. The topological polar surface area (TPSA) is 54.3 Å². The second kappa shape index (κ2) is 7.57. The van der Waals surface area contributed by atoms with Gasteiger partial charge in [0.05, 0.1) is 12.7 Å². The number of carbonyl (C=O) groups excluding carboxylic acids is 1. The molecule has 0 saturated carbocycles. The van der Waals surface area contributed by atoms with Gasteiger partial charge in [-0.05, 0) is 11.5 Å². The summed E-state index contributed by atoms with van der Waals surface area (Å²) >= 11 is 0. The molecule has 0 spiro atoms. The molecule has 24 heavy (non-hydrogen) atoms. The molecule has 1 aliphatic heterocycles. The SMILES string of the molecule is CC(C)CN1CCN(C(=O)c2cn(Cc3ccccc3)nn2)CC1. The Morgan fingerprint density at radius 1 is 1.12 bits per heavy atom. The minimum atomic E-state index is -0.0153. The molecule has 1 amide bonds. The highest BCUT2D eigenvalue weighted by Crippen LogP contribution is 2.09. The number of rotatable bonds is 5. The number of aromatic nitrogens is 3. The van der Waals surface area contributed by atoms with Crippen molar-refractivity contribution in [2.75, 3.05) is 32.7 Å². The zero-order valence-corrected chi connectivity index (χ0v) is 14.4. The van der Waals surface area contributed by atoms with Gasteiger partial charge in [-0.15, -0.1) is 5.10 Å². The Balaban J connectivity index is 1.56. The van der Waals surface area contributed by atoms with Crippen LogP contribution in [0.15, 0.2) is 36.5 Å². The van der Waals surface area contributed by atoms with Crippen LogP contribution in [-0.2, 0) is 6.54 Å². The second-order valence-corrected chi connectivity index (χ2v) is 6.77. The molecule has 0 aliphatic carbocycles. The Labute approximate surface area is 143 Å². The second-order valence-electron chi connectivity index (χ2n) is 6.77. The predicted octanol–water partition coefficient (Wildman–Crippen LogP) is 1.74. The van der Waals surface area contributed by atoms with E-state index < -0.39 is 0 Å². The van der Waals surface area contributed by atoms with E-state index >= 15 is 0 Å². The van der Waals surface area contributed by atoms with Crippen LogP contribution in [0.5, 0.6) is 0 Å². The van der Waals surface area contributed by atoms with Gasteiger partial charge in [-0.3, -0.25) is 9.69 Å². The monoisotopic (exact) mass is 327 g/mol. The first kappa shape index (κ1) is 16.6. The van der Waals surface area contributed by atoms with Gasteiger partial charge in [0.2, 0.25) is 0 Å². The van der Waals surface area contributed by atoms with Crippen LogP contribution in [-0.4, -0.2) is 63.4 Å². The molecule has 1 aliphatic rings. The molecular weight excluding hydrogens is 302 g/mol. The van der Waals surface area contributed by atoms with E-state index in [-0.39, 0.29) is 5.91 Å². The van der Waals surface area contributed by atoms with Crippen LogP contribution in [0, 0.1) is 5.92 Å². The molecule has 128 valence electrons. The van der Waals surface area contributed by atoms with E-state index in [2.05, 4.69) is 29.1 Å². The van der Waals surface area contributed by atoms with Crippen molar-refractivity contribution in [3.05, 3.63) is 47.8 Å². The standard InChI is InChI=1S/C18H25N5O/c1-15(2)12-21-8-10-22(11-9-21)18(24)17-14-23(20-19-17)13-16-6-4-3-5-7-16/h3-7,14-15H,8-13H2,1-2H3. The van der Waals surface area contributed by atoms with Crippen molar-refractivity contribution >= 4 is 5.91 Å². The van der Waals surface area contributed by atoms with E-state index in [9.17, 15) is 4.79 Å². The number of hydrogen-bond acceptors (Lipinski definition) is 4. The van der Waals surface area contributed by atoms with Gasteiger partial charge >= 0.3 is 0 Å². The lowest BCUT2D eigenvalue weighted by Gasteiger charge is -2.35. The number of amides is 1. The largest absolute Gasteiger partial charge is 0.335 e. The lowest BCUT2D eigenvalue weighted by molar-refractivity contribution is 0.0618. The van der Waals surface area contributed by atoms with Crippen LogP contribution in [0.1, 0.15) is 29.9 Å². The maximum absolute atomic E-state index is 12.6. The molecule has 2 aromatic rings. The summed E-state index contributed by atoms with van der Waals surface area (Å²) in [5.74, 6) is 0.642. The summed E-state index contributed by atoms with van der Waals surface area (Å²) in [6, 6.07) is 10.1. The highest BCUT2D eigenvalue weighted by molar-refractivity contribution is 5.92. The van der Waals surface area contributed by atoms with Gasteiger partial charge in [-0.2, -0.15) is 0 Å². The number of piperazine rings is 1. The van der Waals surface area contributed by atoms with Crippen molar-refractivity contribution in [2.45, 2.75) is 20.4 Å². The maximum Gasteiger partial charge on any atom is 0.276 e. The lowest BCUT2D eigenvalue weighted by Crippen LogP contribution is -2.49. The molecular formula is C18H25N5O. The fourth-order valence-electron chi connectivity index (χ4n) is 3.06. The number of nitrogens with zero attached hydrogens (tertiary/aromatic N) is 5. The Morgan fingerprint density at radius 2 is 1.83 bits per heavy atom. The van der Waals surface area contributed by atoms with E-state index in [1.165, 1.54) is 0 Å². The third kappa shape index (κ3) is 4.20. The van der Waals surface area contributed by atoms with E-state index in [1.807, 2.05) is 35.2 Å². The highest BCUT2D eigenvalue weighted by Gasteiger charge is 2.24. The normalized spacial score (nSPS) is 15.9. The van der Waals surface area contributed by atoms with Crippen LogP contribution in [0.4, 0.5) is 0 Å². The van der Waals surface area contributed by atoms with Crippen LogP contribution in [0.25, 0.3) is 0 Å². The van der Waals surface area contributed by atoms with Gasteiger partial charge in [-0.25, -0.2) is 4.68 Å². The summed E-state index contributed by atoms with van der Waals surface area (Å²) in [6.07, 6.45) is 1.75. The molecule has 6 nitrogen and oxygen atoms in total. The van der Waals surface area contributed by atoms with Gasteiger partial charge in [0.25, 0.3) is 5.91 Å². The van der Waals surface area contributed by atoms with E-state index in [0.717, 1.165) is 38.3 Å². The van der Waals surface area contributed by atoms with Gasteiger partial charge < -0.3 is 4.90 Å². The smallest absolute Gasteiger partial charge is 0.276 e. The van der Waals surface area contributed by atoms with Gasteiger partial charge in [-0.1, -0.05) is 49.4 Å². The molecule has 3 rings (SSSR count). The minimum Gasteiger partial charge on any atom is -0.335 e. The van der Waals surface area contributed by atoms with Gasteiger partial charge in [0.1, 0.15) is 0 Å². The first-order valence-corrected chi connectivity index (χ1v) is 8.57. The van der Waals surface area contributed by atoms with Gasteiger partial charge in [0, 0.05) is 32.7 Å². The molecule has 1 aromatic heterocycles. The summed E-state index contributed by atoms with van der Waals surface area (Å²) in [5, 5.41) is 8.15. The summed E-state index contributed by atoms with van der Waals surface area (Å²) in [6.45, 7) is 9.56. The molecule has 0 atom stereocenters. The fraction of sp³-hybridized carbons (Fsp3) is 0.500. The third-order valence-corrected chi connectivity index (χ3v) is 4.23. The highest BCUT2D eigenvalue weighted by atomic mass is 16.2. The number of carbonyl (C=O) groups is 1. The average molecular weight is 327 g/mol. The Hall–Kier alpha value is -2.21. The van der Waals surface area contributed by atoms with Crippen molar-refractivity contribution in [1.29, 1.82) is 0 Å². The fourth-order valence-corrected chi connectivity index (χ4v) is 3.06. The number of benzene rings is 1. The third-order valence-electron chi connectivity index (χ3n) is 4.23. The van der Waals surface area contributed by atoms with E-state index in [4.69, 9.17) is 0 Å². The van der Waals surface area contributed by atoms with Crippen molar-refractivity contribution in [1.82, 2.24) is 24.8 Å². The zero-order chi connectivity index (χ0) is 16.9. The van der Waals surface area contributed by atoms with Crippen LogP contribution in [0.3, 0.4) is 0 Å². The lowest BCUT2D eigenvalue weighted by atomic mass is 10.2. The Bertz CT molecular complexity index is 659. The molecule has 0 unspecified atom stereocenters. The van der Waals surface area contributed by atoms with Gasteiger partial charge in [0.15, 0.2) is 5.69 Å². The molecule has 0 bridgehead atoms. The molecule has 2 heterocycles. The van der Waals surface area contributed by atoms with E-state index in [1.54, 1.807) is 10.9 Å². The van der Waals surface area contributed by atoms with Crippen molar-refractivity contribution in [3.8, 4) is 0 Å². The summed E-state index contributed by atoms with van der Waals surface area (Å²) in [7, 11) is 0. The molecule has 1 fully saturated rings. The first-order chi connectivity index (χ1) is 11.6. The summed E-state index contributed by atoms with van der Waals surface area (Å²) in [5.41, 5.74) is 1.58. The maximum atomic E-state index is 12.6. The average Bonchev–Trinajstić information content (AvgIpc) is 3.04. The van der Waals surface area contributed by atoms with Crippen molar-refractivity contribution in [3.63, 3.8) is 0 Å². The van der Waals surface area contributed by atoms with Crippen LogP contribution in [0.2, 0.25) is 0 Å². The summed E-state index contributed by atoms with van der Waals surface area (Å²) < 4.78 is 1.72. The molecule has 0 N–H and O–H groups in total. The Kier molecular flexibility index (Phi) is 5.25. The van der Waals surface area contributed by atoms with E-state index in [0.29, 0.717) is 18.2 Å². The minimum absolute atomic E-state index is 0.0153. The van der Waals surface area contributed by atoms with Crippen molar-refractivity contribution < 1.29 is 4.79 Å². The van der Waals surface area contributed by atoms with Crippen molar-refractivity contribution in [2.24, 2.45) is 5.92 Å². The predicted molar refractivity (Wildman–Crippen MR) is 92.7 cm³/mol. The zero-order valence-electron chi connectivity index (χ0n) is 14.4. The molecule has 0 radical (unpaired) electrons. The number of hydrogen-bond donors (Lipinski definition) is 0. The quantitative estimate of drug-likeness (QED) is 0.839. The van der Waals surface area contributed by atoms with Crippen LogP contribution >= 0.6 is 0 Å². The summed E-state index contributed by atoms with van der Waals surface area (Å²) in [4.78, 5) is 16.9. The first-order valence-electron chi connectivity index (χ1n) is 8.57. The van der Waals surface area contributed by atoms with Crippen LogP contribution < -0.4 is 0 Å². The molecule has 6 heteroatoms. The molecule has 1 aromatic carbocycles. The molecule has 1 saturated heterocycles.